The number of hydrogen-bond donors (Lipinski definition) is 1. The van der Waals surface area contributed by atoms with E-state index in [1.807, 2.05) is 30.9 Å². The predicted octanol–water partition coefficient (Wildman–Crippen LogP) is 2.79. The molecule has 0 fully saturated rings. The van der Waals surface area contributed by atoms with Crippen molar-refractivity contribution in [1.29, 1.82) is 0 Å². The first kappa shape index (κ1) is 11.6. The van der Waals surface area contributed by atoms with E-state index in [4.69, 9.17) is 0 Å². The van der Waals surface area contributed by atoms with Gasteiger partial charge in [0.1, 0.15) is 5.82 Å². The summed E-state index contributed by atoms with van der Waals surface area (Å²) in [5.74, 6) is -0.182. The number of rotatable bonds is 3. The maximum absolute atomic E-state index is 13.3. The lowest BCUT2D eigenvalue weighted by Crippen LogP contribution is -2.03. The molecule has 0 saturated carbocycles. The zero-order valence-electron chi connectivity index (χ0n) is 10.3. The first-order valence-corrected chi connectivity index (χ1v) is 5.56. The Bertz CT molecular complexity index is 531. The van der Waals surface area contributed by atoms with Gasteiger partial charge in [-0.2, -0.15) is 5.10 Å². The quantitative estimate of drug-likeness (QED) is 0.883. The molecule has 0 aliphatic rings. The molecule has 2 aromatic rings. The molecule has 1 aromatic carbocycles. The van der Waals surface area contributed by atoms with Crippen molar-refractivity contribution in [2.75, 3.05) is 5.32 Å². The van der Waals surface area contributed by atoms with E-state index in [9.17, 15) is 4.39 Å². The van der Waals surface area contributed by atoms with Crippen molar-refractivity contribution in [3.05, 3.63) is 47.0 Å². The highest BCUT2D eigenvalue weighted by Crippen LogP contribution is 2.18. The van der Waals surface area contributed by atoms with Gasteiger partial charge in [0.05, 0.1) is 6.20 Å². The molecule has 0 amide bonds. The second kappa shape index (κ2) is 4.57. The van der Waals surface area contributed by atoms with Crippen molar-refractivity contribution in [3.8, 4) is 0 Å². The summed E-state index contributed by atoms with van der Waals surface area (Å²) in [5, 5.41) is 7.40. The summed E-state index contributed by atoms with van der Waals surface area (Å²) in [6.07, 6.45) is 1.83. The van der Waals surface area contributed by atoms with Gasteiger partial charge in [0.15, 0.2) is 0 Å². The van der Waals surface area contributed by atoms with Gasteiger partial charge >= 0.3 is 0 Å². The average molecular weight is 233 g/mol. The van der Waals surface area contributed by atoms with Crippen LogP contribution in [0.4, 0.5) is 10.1 Å². The van der Waals surface area contributed by atoms with Gasteiger partial charge in [-0.25, -0.2) is 4.39 Å². The lowest BCUT2D eigenvalue weighted by Gasteiger charge is -2.09. The highest BCUT2D eigenvalue weighted by molar-refractivity contribution is 5.51. The number of nitrogens with zero attached hydrogens (tertiary/aromatic N) is 2. The van der Waals surface area contributed by atoms with Crippen molar-refractivity contribution in [2.24, 2.45) is 7.05 Å². The first-order valence-electron chi connectivity index (χ1n) is 5.56. The van der Waals surface area contributed by atoms with Crippen LogP contribution in [0.1, 0.15) is 16.8 Å². The van der Waals surface area contributed by atoms with E-state index in [0.717, 1.165) is 16.9 Å². The number of aryl methyl sites for hydroxylation is 1. The minimum absolute atomic E-state index is 0.182. The first-order chi connectivity index (χ1) is 8.09. The molecule has 0 unspecified atom stereocenters. The summed E-state index contributed by atoms with van der Waals surface area (Å²) in [6.45, 7) is 4.44. The molecular weight excluding hydrogens is 217 g/mol. The lowest BCUT2D eigenvalue weighted by molar-refractivity contribution is 0.619. The van der Waals surface area contributed by atoms with Crippen molar-refractivity contribution < 1.29 is 4.39 Å². The maximum Gasteiger partial charge on any atom is 0.128 e. The molecule has 1 N–H and O–H groups in total. The van der Waals surface area contributed by atoms with Crippen molar-refractivity contribution >= 4 is 5.69 Å². The molecule has 1 aromatic heterocycles. The number of anilines is 1. The zero-order valence-corrected chi connectivity index (χ0v) is 10.3. The Hall–Kier alpha value is -1.84. The van der Waals surface area contributed by atoms with Gasteiger partial charge in [-0.15, -0.1) is 0 Å². The average Bonchev–Trinajstić information content (AvgIpc) is 2.62. The lowest BCUT2D eigenvalue weighted by atomic mass is 10.2. The summed E-state index contributed by atoms with van der Waals surface area (Å²) in [6, 6.07) is 5.06. The molecule has 90 valence electrons. The SMILES string of the molecule is Cc1c(F)cccc1NCc1cnn(C)c1C. The molecule has 4 heteroatoms. The van der Waals surface area contributed by atoms with E-state index in [1.54, 1.807) is 13.0 Å². The van der Waals surface area contributed by atoms with Gasteiger partial charge in [-0.1, -0.05) is 6.07 Å². The highest BCUT2D eigenvalue weighted by Gasteiger charge is 2.06. The normalized spacial score (nSPS) is 10.6. The van der Waals surface area contributed by atoms with E-state index in [0.29, 0.717) is 12.1 Å². The number of aromatic nitrogens is 2. The molecule has 17 heavy (non-hydrogen) atoms. The molecule has 3 nitrogen and oxygen atoms in total. The standard InChI is InChI=1S/C13H16FN3/c1-9-12(14)5-4-6-13(9)15-7-11-8-16-17(3)10(11)2/h4-6,8,15H,7H2,1-3H3. The third-order valence-corrected chi connectivity index (χ3v) is 3.07. The fourth-order valence-electron chi connectivity index (χ4n) is 1.71. The van der Waals surface area contributed by atoms with Crippen molar-refractivity contribution in [1.82, 2.24) is 9.78 Å². The summed E-state index contributed by atoms with van der Waals surface area (Å²) in [4.78, 5) is 0. The summed E-state index contributed by atoms with van der Waals surface area (Å²) in [7, 11) is 1.91. The molecule has 1 heterocycles. The summed E-state index contributed by atoms with van der Waals surface area (Å²) < 4.78 is 15.2. The van der Waals surface area contributed by atoms with Gasteiger partial charge < -0.3 is 5.32 Å². The molecule has 0 spiro atoms. The number of benzene rings is 1. The Kier molecular flexibility index (Phi) is 3.13. The fourth-order valence-corrected chi connectivity index (χ4v) is 1.71. The van der Waals surface area contributed by atoms with Gasteiger partial charge in [0.25, 0.3) is 0 Å². The van der Waals surface area contributed by atoms with E-state index >= 15 is 0 Å². The largest absolute Gasteiger partial charge is 0.381 e. The van der Waals surface area contributed by atoms with Crippen LogP contribution in [0.3, 0.4) is 0 Å². The smallest absolute Gasteiger partial charge is 0.128 e. The monoisotopic (exact) mass is 233 g/mol. The maximum atomic E-state index is 13.3. The number of nitrogens with one attached hydrogen (secondary N) is 1. The van der Waals surface area contributed by atoms with Crippen LogP contribution in [-0.2, 0) is 13.6 Å². The second-order valence-electron chi connectivity index (χ2n) is 4.14. The van der Waals surface area contributed by atoms with Crippen LogP contribution in [0, 0.1) is 19.7 Å². The van der Waals surface area contributed by atoms with Gasteiger partial charge in [-0.05, 0) is 26.0 Å². The van der Waals surface area contributed by atoms with Gasteiger partial charge in [-0.3, -0.25) is 4.68 Å². The van der Waals surface area contributed by atoms with E-state index in [-0.39, 0.29) is 5.82 Å². The zero-order chi connectivity index (χ0) is 12.4. The highest BCUT2D eigenvalue weighted by atomic mass is 19.1. The number of halogens is 1. The Labute approximate surface area is 100 Å². The van der Waals surface area contributed by atoms with Crippen molar-refractivity contribution in [3.63, 3.8) is 0 Å². The Balaban J connectivity index is 2.13. The van der Waals surface area contributed by atoms with Crippen LogP contribution < -0.4 is 5.32 Å². The van der Waals surface area contributed by atoms with E-state index in [1.165, 1.54) is 6.07 Å². The number of hydrogen-bond acceptors (Lipinski definition) is 2. The minimum Gasteiger partial charge on any atom is -0.381 e. The molecule has 0 atom stereocenters. The van der Waals surface area contributed by atoms with Gasteiger partial charge in [0.2, 0.25) is 0 Å². The van der Waals surface area contributed by atoms with Crippen LogP contribution in [-0.4, -0.2) is 9.78 Å². The Morgan fingerprint density at radius 1 is 1.35 bits per heavy atom. The molecule has 0 aliphatic heterocycles. The second-order valence-corrected chi connectivity index (χ2v) is 4.14. The van der Waals surface area contributed by atoms with Crippen molar-refractivity contribution in [2.45, 2.75) is 20.4 Å². The minimum atomic E-state index is -0.182. The van der Waals surface area contributed by atoms with Crippen LogP contribution in [0.5, 0.6) is 0 Å². The van der Waals surface area contributed by atoms with E-state index < -0.39 is 0 Å². The topological polar surface area (TPSA) is 29.9 Å². The van der Waals surface area contributed by atoms with Crippen LogP contribution in [0.2, 0.25) is 0 Å². The molecule has 0 bridgehead atoms. The Morgan fingerprint density at radius 3 is 2.76 bits per heavy atom. The molecule has 2 rings (SSSR count). The molecule has 0 aliphatic carbocycles. The Morgan fingerprint density at radius 2 is 2.12 bits per heavy atom. The molecular formula is C13H16FN3. The summed E-state index contributed by atoms with van der Waals surface area (Å²) in [5.41, 5.74) is 3.71. The van der Waals surface area contributed by atoms with Gasteiger partial charge in [0, 0.05) is 36.1 Å². The summed E-state index contributed by atoms with van der Waals surface area (Å²) >= 11 is 0. The molecule has 0 radical (unpaired) electrons. The fraction of sp³-hybridized carbons (Fsp3) is 0.308. The third-order valence-electron chi connectivity index (χ3n) is 3.07. The van der Waals surface area contributed by atoms with Crippen LogP contribution in [0.25, 0.3) is 0 Å². The predicted molar refractivity (Wildman–Crippen MR) is 66.4 cm³/mol. The van der Waals surface area contributed by atoms with E-state index in [2.05, 4.69) is 10.4 Å². The third kappa shape index (κ3) is 2.30. The van der Waals surface area contributed by atoms with Crippen LogP contribution >= 0.6 is 0 Å². The molecule has 0 saturated heterocycles. The van der Waals surface area contributed by atoms with Crippen LogP contribution in [0.15, 0.2) is 24.4 Å².